The van der Waals surface area contributed by atoms with E-state index in [1.807, 2.05) is 0 Å². The fraction of sp³-hybridized carbons (Fsp3) is 0.333. The van der Waals surface area contributed by atoms with Crippen molar-refractivity contribution in [3.05, 3.63) is 71.3 Å². The van der Waals surface area contributed by atoms with Crippen LogP contribution >= 0.6 is 0 Å². The van der Waals surface area contributed by atoms with E-state index in [9.17, 15) is 0 Å². The van der Waals surface area contributed by atoms with Gasteiger partial charge < -0.3 is 0 Å². The number of hydrogen-bond donors (Lipinski definition) is 0. The first-order chi connectivity index (χ1) is 8.72. The van der Waals surface area contributed by atoms with Crippen LogP contribution < -0.4 is 0 Å². The third-order valence-corrected chi connectivity index (χ3v) is 3.59. The highest BCUT2D eigenvalue weighted by atomic mass is 14.2. The molecule has 0 aromatic heterocycles. The highest BCUT2D eigenvalue weighted by Crippen LogP contribution is 2.29. The van der Waals surface area contributed by atoms with Gasteiger partial charge in [-0.2, -0.15) is 0 Å². The van der Waals surface area contributed by atoms with Gasteiger partial charge in [0, 0.05) is 5.92 Å². The van der Waals surface area contributed by atoms with Crippen molar-refractivity contribution in [3.8, 4) is 0 Å². The Morgan fingerprint density at radius 2 is 1.39 bits per heavy atom. The van der Waals surface area contributed by atoms with Crippen LogP contribution in [0.5, 0.6) is 0 Å². The van der Waals surface area contributed by atoms with Crippen LogP contribution in [0.3, 0.4) is 0 Å². The van der Waals surface area contributed by atoms with Crippen molar-refractivity contribution in [1.29, 1.82) is 0 Å². The molecule has 0 N–H and O–H groups in total. The minimum Gasteiger partial charge on any atom is -0.0645 e. The number of hydrogen-bond acceptors (Lipinski definition) is 0. The molecule has 2 aromatic carbocycles. The third kappa shape index (κ3) is 2.81. The van der Waals surface area contributed by atoms with E-state index in [1.165, 1.54) is 16.7 Å². The summed E-state index contributed by atoms with van der Waals surface area (Å²) in [4.78, 5) is 0. The molecule has 0 bridgehead atoms. The second-order valence-corrected chi connectivity index (χ2v) is 5.20. The monoisotopic (exact) mass is 238 g/mol. The molecule has 0 aliphatic carbocycles. The van der Waals surface area contributed by atoms with Gasteiger partial charge in [-0.25, -0.2) is 0 Å². The Balaban J connectivity index is 2.36. The van der Waals surface area contributed by atoms with Crippen molar-refractivity contribution in [1.82, 2.24) is 0 Å². The fourth-order valence-electron chi connectivity index (χ4n) is 2.48. The molecule has 1 unspecified atom stereocenters. The van der Waals surface area contributed by atoms with Gasteiger partial charge in [-0.1, -0.05) is 75.4 Å². The summed E-state index contributed by atoms with van der Waals surface area (Å²) in [7, 11) is 0. The van der Waals surface area contributed by atoms with Gasteiger partial charge in [0.1, 0.15) is 0 Å². The Bertz CT molecular complexity index is 482. The Hall–Kier alpha value is -1.56. The summed E-state index contributed by atoms with van der Waals surface area (Å²) in [6.07, 6.45) is 1.14. The van der Waals surface area contributed by atoms with Crippen LogP contribution in [0.1, 0.15) is 55.7 Å². The van der Waals surface area contributed by atoms with E-state index in [0.29, 0.717) is 11.8 Å². The average Bonchev–Trinajstić information content (AvgIpc) is 2.41. The van der Waals surface area contributed by atoms with E-state index < -0.39 is 0 Å². The summed E-state index contributed by atoms with van der Waals surface area (Å²) >= 11 is 0. The first kappa shape index (κ1) is 12.9. The minimum atomic E-state index is 0.518. The molecule has 0 fully saturated rings. The number of benzene rings is 2. The molecule has 0 heterocycles. The predicted molar refractivity (Wildman–Crippen MR) is 79.1 cm³/mol. The SMILES string of the molecule is CCC(c1ccccc1)c1cccc(C(C)C)c1. The Morgan fingerprint density at radius 3 is 2.00 bits per heavy atom. The van der Waals surface area contributed by atoms with Crippen molar-refractivity contribution >= 4 is 0 Å². The van der Waals surface area contributed by atoms with Gasteiger partial charge in [0.2, 0.25) is 0 Å². The maximum atomic E-state index is 2.37. The zero-order valence-corrected chi connectivity index (χ0v) is 11.6. The van der Waals surface area contributed by atoms with E-state index in [0.717, 1.165) is 6.42 Å². The smallest absolute Gasteiger partial charge is 0.00868 e. The van der Waals surface area contributed by atoms with Crippen LogP contribution in [0, 0.1) is 0 Å². The molecule has 18 heavy (non-hydrogen) atoms. The Morgan fingerprint density at radius 1 is 0.778 bits per heavy atom. The van der Waals surface area contributed by atoms with Crippen molar-refractivity contribution in [2.24, 2.45) is 0 Å². The lowest BCUT2D eigenvalue weighted by atomic mass is 9.87. The van der Waals surface area contributed by atoms with Gasteiger partial charge in [-0.15, -0.1) is 0 Å². The molecule has 0 spiro atoms. The van der Waals surface area contributed by atoms with Crippen LogP contribution in [-0.2, 0) is 0 Å². The maximum absolute atomic E-state index is 2.37. The number of rotatable bonds is 4. The summed E-state index contributed by atoms with van der Waals surface area (Å²) in [6.45, 7) is 6.77. The van der Waals surface area contributed by atoms with E-state index in [1.54, 1.807) is 0 Å². The molecule has 0 heteroatoms. The summed E-state index contributed by atoms with van der Waals surface area (Å²) in [5.74, 6) is 1.11. The largest absolute Gasteiger partial charge is 0.0645 e. The molecular weight excluding hydrogens is 216 g/mol. The van der Waals surface area contributed by atoms with Crippen molar-refractivity contribution in [2.45, 2.75) is 39.0 Å². The first-order valence-electron chi connectivity index (χ1n) is 6.87. The van der Waals surface area contributed by atoms with Crippen LogP contribution in [0.15, 0.2) is 54.6 Å². The molecule has 0 nitrogen and oxygen atoms in total. The van der Waals surface area contributed by atoms with E-state index in [4.69, 9.17) is 0 Å². The van der Waals surface area contributed by atoms with E-state index >= 15 is 0 Å². The fourth-order valence-corrected chi connectivity index (χ4v) is 2.48. The zero-order valence-electron chi connectivity index (χ0n) is 11.6. The molecule has 0 saturated carbocycles. The molecule has 2 rings (SSSR count). The molecule has 1 atom stereocenters. The molecule has 0 aliphatic rings. The maximum Gasteiger partial charge on any atom is 0.00868 e. The van der Waals surface area contributed by atoms with Crippen LogP contribution in [0.25, 0.3) is 0 Å². The van der Waals surface area contributed by atoms with E-state index in [-0.39, 0.29) is 0 Å². The highest BCUT2D eigenvalue weighted by molar-refractivity contribution is 5.35. The van der Waals surface area contributed by atoms with Crippen LogP contribution in [0.2, 0.25) is 0 Å². The van der Waals surface area contributed by atoms with Crippen molar-refractivity contribution in [3.63, 3.8) is 0 Å². The molecule has 2 aromatic rings. The summed E-state index contributed by atoms with van der Waals surface area (Å²) in [5.41, 5.74) is 4.29. The third-order valence-electron chi connectivity index (χ3n) is 3.59. The molecular formula is C18H22. The lowest BCUT2D eigenvalue weighted by Crippen LogP contribution is -2.00. The summed E-state index contributed by atoms with van der Waals surface area (Å²) in [5, 5.41) is 0. The van der Waals surface area contributed by atoms with Crippen LogP contribution in [-0.4, -0.2) is 0 Å². The molecule has 0 aliphatic heterocycles. The lowest BCUT2D eigenvalue weighted by molar-refractivity contribution is 0.770. The Labute approximate surface area is 111 Å². The quantitative estimate of drug-likeness (QED) is 0.673. The van der Waals surface area contributed by atoms with Crippen LogP contribution in [0.4, 0.5) is 0 Å². The average molecular weight is 238 g/mol. The predicted octanol–water partition coefficient (Wildman–Crippen LogP) is 5.35. The summed E-state index contributed by atoms with van der Waals surface area (Å²) < 4.78 is 0. The van der Waals surface area contributed by atoms with Crippen molar-refractivity contribution in [2.75, 3.05) is 0 Å². The van der Waals surface area contributed by atoms with Gasteiger partial charge in [0.25, 0.3) is 0 Å². The molecule has 94 valence electrons. The van der Waals surface area contributed by atoms with E-state index in [2.05, 4.69) is 75.4 Å². The molecule has 0 amide bonds. The van der Waals surface area contributed by atoms with Gasteiger partial charge in [0.05, 0.1) is 0 Å². The Kier molecular flexibility index (Phi) is 4.19. The topological polar surface area (TPSA) is 0 Å². The second-order valence-electron chi connectivity index (χ2n) is 5.20. The molecule has 0 radical (unpaired) electrons. The standard InChI is InChI=1S/C18H22/c1-4-18(15-9-6-5-7-10-15)17-12-8-11-16(13-17)14(2)3/h5-14,18H,4H2,1-3H3. The van der Waals surface area contributed by atoms with Gasteiger partial charge in [0.15, 0.2) is 0 Å². The summed E-state index contributed by atoms with van der Waals surface area (Å²) in [6, 6.07) is 19.8. The van der Waals surface area contributed by atoms with Gasteiger partial charge in [-0.3, -0.25) is 0 Å². The molecule has 0 saturated heterocycles. The van der Waals surface area contributed by atoms with Crippen molar-refractivity contribution < 1.29 is 0 Å². The normalized spacial score (nSPS) is 12.7. The minimum absolute atomic E-state index is 0.518. The zero-order chi connectivity index (χ0) is 13.0. The second kappa shape index (κ2) is 5.86. The van der Waals surface area contributed by atoms with Gasteiger partial charge >= 0.3 is 0 Å². The highest BCUT2D eigenvalue weighted by Gasteiger charge is 2.12. The first-order valence-corrected chi connectivity index (χ1v) is 6.87. The van der Waals surface area contributed by atoms with Gasteiger partial charge in [-0.05, 0) is 29.0 Å². The lowest BCUT2D eigenvalue weighted by Gasteiger charge is -2.17.